The average molecular weight is 219 g/mol. The first kappa shape index (κ1) is 12.5. The van der Waals surface area contributed by atoms with Crippen molar-refractivity contribution >= 4 is 5.69 Å². The predicted octanol–water partition coefficient (Wildman–Crippen LogP) is 1.21. The second-order valence-electron chi connectivity index (χ2n) is 3.36. The van der Waals surface area contributed by atoms with E-state index in [9.17, 15) is 0 Å². The van der Waals surface area contributed by atoms with Gasteiger partial charge in [0.05, 0.1) is 18.2 Å². The Hall–Kier alpha value is -1.57. The Morgan fingerprint density at radius 1 is 1.31 bits per heavy atom. The number of benzene rings is 1. The minimum absolute atomic E-state index is 0.678. The van der Waals surface area contributed by atoms with E-state index in [-0.39, 0.29) is 0 Å². The largest absolute Gasteiger partial charge is 0.384 e. The van der Waals surface area contributed by atoms with Crippen LogP contribution in [0.2, 0.25) is 0 Å². The monoisotopic (exact) mass is 219 g/mol. The summed E-state index contributed by atoms with van der Waals surface area (Å²) < 4.78 is 4.92. The zero-order valence-corrected chi connectivity index (χ0v) is 9.49. The van der Waals surface area contributed by atoms with Crippen LogP contribution in [0.25, 0.3) is 0 Å². The number of nitrogens with zero attached hydrogens (tertiary/aromatic N) is 1. The third-order valence-corrected chi connectivity index (χ3v) is 2.11. The molecule has 1 rings (SSSR count). The van der Waals surface area contributed by atoms with E-state index < -0.39 is 0 Å². The fourth-order valence-corrected chi connectivity index (χ4v) is 1.29. The van der Waals surface area contributed by atoms with Crippen molar-refractivity contribution in [3.05, 3.63) is 29.8 Å². The SMILES string of the molecule is COCCNCCNc1cccc(C#N)c1. The van der Waals surface area contributed by atoms with E-state index in [1.165, 1.54) is 0 Å². The lowest BCUT2D eigenvalue weighted by molar-refractivity contribution is 0.200. The maximum Gasteiger partial charge on any atom is 0.0992 e. The van der Waals surface area contributed by atoms with Gasteiger partial charge in [0.25, 0.3) is 0 Å². The molecule has 86 valence electrons. The topological polar surface area (TPSA) is 57.1 Å². The van der Waals surface area contributed by atoms with E-state index in [2.05, 4.69) is 16.7 Å². The van der Waals surface area contributed by atoms with Crippen molar-refractivity contribution in [3.8, 4) is 6.07 Å². The van der Waals surface area contributed by atoms with Crippen LogP contribution in [-0.2, 0) is 4.74 Å². The quantitative estimate of drug-likeness (QED) is 0.677. The van der Waals surface area contributed by atoms with Gasteiger partial charge in [-0.3, -0.25) is 0 Å². The molecule has 0 aliphatic carbocycles. The second kappa shape index (κ2) is 7.69. The number of nitrogens with one attached hydrogen (secondary N) is 2. The Balaban J connectivity index is 2.19. The van der Waals surface area contributed by atoms with Crippen LogP contribution >= 0.6 is 0 Å². The second-order valence-corrected chi connectivity index (χ2v) is 3.36. The number of nitriles is 1. The lowest BCUT2D eigenvalue weighted by atomic mass is 10.2. The third-order valence-electron chi connectivity index (χ3n) is 2.11. The van der Waals surface area contributed by atoms with Gasteiger partial charge in [0, 0.05) is 32.4 Å². The molecule has 0 unspecified atom stereocenters. The van der Waals surface area contributed by atoms with Crippen LogP contribution in [0.4, 0.5) is 5.69 Å². The zero-order chi connectivity index (χ0) is 11.6. The van der Waals surface area contributed by atoms with Crippen LogP contribution in [0, 0.1) is 11.3 Å². The normalized spacial score (nSPS) is 9.75. The summed E-state index contributed by atoms with van der Waals surface area (Å²) in [7, 11) is 1.69. The molecule has 16 heavy (non-hydrogen) atoms. The molecule has 4 heteroatoms. The molecule has 0 aliphatic heterocycles. The molecule has 0 bridgehead atoms. The van der Waals surface area contributed by atoms with Crippen LogP contribution in [-0.4, -0.2) is 33.4 Å². The Kier molecular flexibility index (Phi) is 6.00. The van der Waals surface area contributed by atoms with Gasteiger partial charge in [-0.1, -0.05) is 6.07 Å². The Morgan fingerprint density at radius 3 is 2.94 bits per heavy atom. The molecular formula is C12H17N3O. The van der Waals surface area contributed by atoms with Crippen molar-refractivity contribution in [1.29, 1.82) is 5.26 Å². The minimum atomic E-state index is 0.678. The highest BCUT2D eigenvalue weighted by molar-refractivity contribution is 5.48. The van der Waals surface area contributed by atoms with Crippen LogP contribution in [0.5, 0.6) is 0 Å². The van der Waals surface area contributed by atoms with Gasteiger partial charge in [0.15, 0.2) is 0 Å². The zero-order valence-electron chi connectivity index (χ0n) is 9.49. The van der Waals surface area contributed by atoms with Crippen molar-refractivity contribution in [3.63, 3.8) is 0 Å². The third kappa shape index (κ3) is 4.78. The first-order valence-electron chi connectivity index (χ1n) is 5.30. The summed E-state index contributed by atoms with van der Waals surface area (Å²) in [6.07, 6.45) is 0. The summed E-state index contributed by atoms with van der Waals surface area (Å²) in [5.74, 6) is 0. The molecule has 1 aromatic carbocycles. The number of methoxy groups -OCH3 is 1. The molecule has 2 N–H and O–H groups in total. The van der Waals surface area contributed by atoms with Gasteiger partial charge in [-0.05, 0) is 18.2 Å². The van der Waals surface area contributed by atoms with E-state index in [4.69, 9.17) is 10.00 Å². The van der Waals surface area contributed by atoms with Gasteiger partial charge in [-0.15, -0.1) is 0 Å². The summed E-state index contributed by atoms with van der Waals surface area (Å²) >= 11 is 0. The van der Waals surface area contributed by atoms with Crippen LogP contribution in [0.15, 0.2) is 24.3 Å². The molecule has 0 saturated carbocycles. The molecule has 0 amide bonds. The van der Waals surface area contributed by atoms with E-state index in [0.29, 0.717) is 5.56 Å². The number of anilines is 1. The maximum atomic E-state index is 8.73. The summed E-state index contributed by atoms with van der Waals surface area (Å²) in [4.78, 5) is 0. The van der Waals surface area contributed by atoms with Crippen LogP contribution in [0.1, 0.15) is 5.56 Å². The first-order chi connectivity index (χ1) is 7.86. The molecule has 1 aromatic rings. The summed E-state index contributed by atoms with van der Waals surface area (Å²) in [5, 5.41) is 15.2. The Morgan fingerprint density at radius 2 is 2.19 bits per heavy atom. The van der Waals surface area contributed by atoms with Gasteiger partial charge >= 0.3 is 0 Å². The standard InChI is InChI=1S/C12H17N3O/c1-16-8-7-14-5-6-15-12-4-2-3-11(9-12)10-13/h2-4,9,14-15H,5-8H2,1H3. The van der Waals surface area contributed by atoms with Crippen molar-refractivity contribution in [2.75, 3.05) is 38.7 Å². The highest BCUT2D eigenvalue weighted by Gasteiger charge is 1.93. The van der Waals surface area contributed by atoms with Gasteiger partial charge < -0.3 is 15.4 Å². The molecule has 0 radical (unpaired) electrons. The summed E-state index contributed by atoms with van der Waals surface area (Å²) in [6.45, 7) is 3.29. The molecule has 0 aliphatic rings. The van der Waals surface area contributed by atoms with E-state index in [1.54, 1.807) is 13.2 Å². The van der Waals surface area contributed by atoms with Crippen molar-refractivity contribution in [2.45, 2.75) is 0 Å². The highest BCUT2D eigenvalue weighted by Crippen LogP contribution is 2.08. The lowest BCUT2D eigenvalue weighted by Gasteiger charge is -2.07. The summed E-state index contributed by atoms with van der Waals surface area (Å²) in [5.41, 5.74) is 1.66. The first-order valence-corrected chi connectivity index (χ1v) is 5.30. The molecule has 0 fully saturated rings. The van der Waals surface area contributed by atoms with E-state index >= 15 is 0 Å². The molecule has 4 nitrogen and oxygen atoms in total. The van der Waals surface area contributed by atoms with Crippen molar-refractivity contribution in [2.24, 2.45) is 0 Å². The van der Waals surface area contributed by atoms with E-state index in [0.717, 1.165) is 31.9 Å². The smallest absolute Gasteiger partial charge is 0.0992 e. The highest BCUT2D eigenvalue weighted by atomic mass is 16.5. The van der Waals surface area contributed by atoms with Gasteiger partial charge in [-0.25, -0.2) is 0 Å². The molecule has 0 atom stereocenters. The lowest BCUT2D eigenvalue weighted by Crippen LogP contribution is -2.25. The number of rotatable bonds is 7. The summed E-state index contributed by atoms with van der Waals surface area (Å²) in [6, 6.07) is 9.58. The van der Waals surface area contributed by atoms with Crippen LogP contribution < -0.4 is 10.6 Å². The van der Waals surface area contributed by atoms with Crippen molar-refractivity contribution in [1.82, 2.24) is 5.32 Å². The van der Waals surface area contributed by atoms with Crippen molar-refractivity contribution < 1.29 is 4.74 Å². The maximum absolute atomic E-state index is 8.73. The number of ether oxygens (including phenoxy) is 1. The average Bonchev–Trinajstić information content (AvgIpc) is 2.34. The van der Waals surface area contributed by atoms with Crippen LogP contribution in [0.3, 0.4) is 0 Å². The van der Waals surface area contributed by atoms with Gasteiger partial charge in [0.2, 0.25) is 0 Å². The molecule has 0 heterocycles. The fraction of sp³-hybridized carbons (Fsp3) is 0.417. The Bertz CT molecular complexity index is 346. The van der Waals surface area contributed by atoms with Gasteiger partial charge in [-0.2, -0.15) is 5.26 Å². The molecule has 0 aromatic heterocycles. The molecule has 0 spiro atoms. The number of hydrogen-bond donors (Lipinski definition) is 2. The minimum Gasteiger partial charge on any atom is -0.384 e. The van der Waals surface area contributed by atoms with E-state index in [1.807, 2.05) is 18.2 Å². The Labute approximate surface area is 96.2 Å². The molecular weight excluding hydrogens is 202 g/mol. The molecule has 0 saturated heterocycles. The fourth-order valence-electron chi connectivity index (χ4n) is 1.29. The predicted molar refractivity (Wildman–Crippen MR) is 64.4 cm³/mol. The van der Waals surface area contributed by atoms with Gasteiger partial charge in [0.1, 0.15) is 0 Å². The number of hydrogen-bond acceptors (Lipinski definition) is 4.